The predicted molar refractivity (Wildman–Crippen MR) is 77.3 cm³/mol. The summed E-state index contributed by atoms with van der Waals surface area (Å²) in [5.74, 6) is 0. The van der Waals surface area contributed by atoms with Gasteiger partial charge in [0.15, 0.2) is 0 Å². The lowest BCUT2D eigenvalue weighted by Crippen LogP contribution is -2.45. The number of hydrogen-bond donors (Lipinski definition) is 0. The predicted octanol–water partition coefficient (Wildman–Crippen LogP) is -1.38. The van der Waals surface area contributed by atoms with Gasteiger partial charge in [-0.2, -0.15) is 0 Å². The third-order valence-corrected chi connectivity index (χ3v) is 9.52. The van der Waals surface area contributed by atoms with Crippen molar-refractivity contribution >= 4 is 29.8 Å². The molecule has 0 saturated carbocycles. The van der Waals surface area contributed by atoms with Gasteiger partial charge < -0.3 is 22.5 Å². The van der Waals surface area contributed by atoms with E-state index in [2.05, 4.69) is 29.2 Å². The quantitative estimate of drug-likeness (QED) is 0.515. The van der Waals surface area contributed by atoms with Crippen LogP contribution in [0.25, 0.3) is 0 Å². The zero-order valence-corrected chi connectivity index (χ0v) is 16.3. The highest BCUT2D eigenvalue weighted by atomic mass is 28.4. The van der Waals surface area contributed by atoms with E-state index in [4.69, 9.17) is 12.7 Å². The summed E-state index contributed by atoms with van der Waals surface area (Å²) in [5, 5.41) is 0. The smallest absolute Gasteiger partial charge is 0.425 e. The Morgan fingerprint density at radius 3 is 2.47 bits per heavy atom. The van der Waals surface area contributed by atoms with Gasteiger partial charge >= 0.3 is 8.80 Å². The molecule has 1 heterocycles. The zero-order chi connectivity index (χ0) is 12.7. The molecule has 1 aliphatic rings. The molecule has 0 aliphatic carbocycles. The second-order valence-corrected chi connectivity index (χ2v) is 9.56. The van der Waals surface area contributed by atoms with E-state index in [0.717, 1.165) is 25.7 Å². The van der Waals surface area contributed by atoms with E-state index in [-0.39, 0.29) is 0 Å². The van der Waals surface area contributed by atoms with Crippen molar-refractivity contribution in [2.45, 2.75) is 19.4 Å². The molecule has 0 amide bonds. The Labute approximate surface area is 111 Å². The first-order chi connectivity index (χ1) is 8.15. The third kappa shape index (κ3) is 4.56. The Morgan fingerprint density at radius 1 is 1.29 bits per heavy atom. The maximum Gasteiger partial charge on any atom is 0.478 e. The maximum absolute atomic E-state index is 5.73. The van der Waals surface area contributed by atoms with Crippen LogP contribution in [0.5, 0.6) is 0 Å². The topological polar surface area (TPSA) is 34.2 Å². The van der Waals surface area contributed by atoms with Crippen LogP contribution in [-0.2, 0) is 12.7 Å². The van der Waals surface area contributed by atoms with Crippen molar-refractivity contribution in [3.05, 3.63) is 12.4 Å². The highest BCUT2D eigenvalue weighted by Gasteiger charge is 2.36. The lowest BCUT2D eigenvalue weighted by Gasteiger charge is -2.28. The second-order valence-electron chi connectivity index (χ2n) is 4.14. The normalized spacial score (nSPS) is 19.2. The number of hydrogen-bond acceptors (Lipinski definition) is 5. The Bertz CT molecular complexity index is 252. The van der Waals surface area contributed by atoms with E-state index in [1.165, 1.54) is 0 Å². The zero-order valence-electron chi connectivity index (χ0n) is 11.3. The molecule has 1 rings (SSSR count). The van der Waals surface area contributed by atoms with Crippen LogP contribution in [0, 0.1) is 0 Å². The van der Waals surface area contributed by atoms with Gasteiger partial charge in [-0.25, -0.2) is 0 Å². The molecule has 8 heteroatoms. The lowest BCUT2D eigenvalue weighted by molar-refractivity contribution is 0.181. The number of rotatable bonds is 8. The first-order valence-corrected chi connectivity index (χ1v) is 9.59. The van der Waals surface area contributed by atoms with E-state index < -0.39 is 8.80 Å². The summed E-state index contributed by atoms with van der Waals surface area (Å²) in [5.41, 5.74) is 0. The van der Waals surface area contributed by atoms with Crippen LogP contribution in [0.3, 0.4) is 0 Å². The highest BCUT2D eigenvalue weighted by Crippen LogP contribution is 2.16. The maximum atomic E-state index is 5.73. The Kier molecular flexibility index (Phi) is 6.44. The second kappa shape index (κ2) is 7.34. The summed E-state index contributed by atoms with van der Waals surface area (Å²) in [6.45, 7) is 4.70. The van der Waals surface area contributed by atoms with Crippen LogP contribution in [-0.4, -0.2) is 66.4 Å². The van der Waals surface area contributed by atoms with Gasteiger partial charge in [-0.15, -0.1) is 0 Å². The molecule has 17 heavy (non-hydrogen) atoms. The van der Waals surface area contributed by atoms with E-state index in [1.54, 1.807) is 0 Å². The summed E-state index contributed by atoms with van der Waals surface area (Å²) >= 11 is 0. The molecule has 0 unspecified atom stereocenters. The minimum absolute atomic E-state index is 0.684. The molecule has 0 spiro atoms. The summed E-state index contributed by atoms with van der Waals surface area (Å²) in [6, 6.07) is 0.932. The van der Waals surface area contributed by atoms with Crippen LogP contribution in [0.1, 0.15) is 13.3 Å². The summed E-state index contributed by atoms with van der Waals surface area (Å²) in [7, 11) is 1.19. The van der Waals surface area contributed by atoms with Gasteiger partial charge in [0.2, 0.25) is 0 Å². The van der Waals surface area contributed by atoms with Crippen molar-refractivity contribution in [3.63, 3.8) is 0 Å². The molecular weight excluding hydrogens is 268 g/mol. The first kappa shape index (κ1) is 14.9. The van der Waals surface area contributed by atoms with E-state index in [9.17, 15) is 0 Å². The van der Waals surface area contributed by atoms with Gasteiger partial charge in [-0.1, -0.05) is 0 Å². The Balaban J connectivity index is 2.29. The fourth-order valence-corrected chi connectivity index (χ4v) is 7.85. The number of nitrogens with zero attached hydrogens (tertiary/aromatic N) is 2. The molecule has 0 aromatic carbocycles. The van der Waals surface area contributed by atoms with Crippen molar-refractivity contribution < 1.29 is 12.7 Å². The highest BCUT2D eigenvalue weighted by molar-refractivity contribution is 6.66. The van der Waals surface area contributed by atoms with Gasteiger partial charge in [0.1, 0.15) is 21.0 Å². The molecule has 0 atom stereocenters. The molecule has 0 bridgehead atoms. The summed E-state index contributed by atoms with van der Waals surface area (Å²) in [4.78, 5) is 4.46. The van der Waals surface area contributed by atoms with Crippen LogP contribution in [0.4, 0.5) is 0 Å². The summed E-state index contributed by atoms with van der Waals surface area (Å²) in [6.07, 6.45) is 5.29. The molecule has 100 valence electrons. The van der Waals surface area contributed by atoms with Crippen LogP contribution in [0.15, 0.2) is 12.4 Å². The van der Waals surface area contributed by atoms with Gasteiger partial charge in [-0.05, 0) is 13.3 Å². The third-order valence-electron chi connectivity index (χ3n) is 2.85. The lowest BCUT2D eigenvalue weighted by atomic mass is 10.4. The van der Waals surface area contributed by atoms with E-state index in [1.807, 2.05) is 6.92 Å². The summed E-state index contributed by atoms with van der Waals surface area (Å²) < 4.78 is 17.0. The fourth-order valence-electron chi connectivity index (χ4n) is 1.93. The van der Waals surface area contributed by atoms with E-state index in [0.29, 0.717) is 27.6 Å². The van der Waals surface area contributed by atoms with Crippen molar-refractivity contribution in [1.29, 1.82) is 0 Å². The molecule has 1 aliphatic heterocycles. The minimum atomic E-state index is -2.27. The molecule has 0 saturated heterocycles. The average Bonchev–Trinajstić information content (AvgIpc) is 2.74. The van der Waals surface area contributed by atoms with Gasteiger partial charge in [-0.3, -0.25) is 0 Å². The van der Waals surface area contributed by atoms with Crippen LogP contribution in [0.2, 0.25) is 6.04 Å². The molecule has 0 fully saturated rings. The van der Waals surface area contributed by atoms with Gasteiger partial charge in [0, 0.05) is 38.6 Å². The minimum Gasteiger partial charge on any atom is -0.425 e. The van der Waals surface area contributed by atoms with Crippen LogP contribution < -0.4 is 0 Å². The van der Waals surface area contributed by atoms with Crippen molar-refractivity contribution in [2.24, 2.45) is 0 Å². The van der Waals surface area contributed by atoms with Gasteiger partial charge in [0.05, 0.1) is 6.67 Å². The Hall–Kier alpha value is -0.129. The molecular formula is C9H24N2O3Si3. The molecule has 0 aromatic rings. The first-order valence-electron chi connectivity index (χ1n) is 6.02. The molecule has 0 aromatic heterocycles. The molecule has 5 nitrogen and oxygen atoms in total. The standard InChI is InChI=1S/C9H24N2O3Si3/c1-3-12-17(13-15,14-16)8-4-5-11-7-6-10(2)9-11/h6-7H,3-5,8-9H2,1-2,15-16H3. The van der Waals surface area contributed by atoms with Crippen molar-refractivity contribution in [2.75, 3.05) is 26.9 Å². The van der Waals surface area contributed by atoms with Crippen molar-refractivity contribution in [1.82, 2.24) is 9.80 Å². The van der Waals surface area contributed by atoms with Crippen LogP contribution >= 0.6 is 0 Å². The SMILES string of the molecule is CCO[Si](CCCN1C=CN(C)C1)(O[SiH3])O[SiH3]. The molecule has 0 N–H and O–H groups in total. The van der Waals surface area contributed by atoms with Crippen molar-refractivity contribution in [3.8, 4) is 0 Å². The molecule has 0 radical (unpaired) electrons. The average molecular weight is 293 g/mol. The van der Waals surface area contributed by atoms with Gasteiger partial charge in [0.25, 0.3) is 0 Å². The monoisotopic (exact) mass is 292 g/mol. The Morgan fingerprint density at radius 2 is 2.00 bits per heavy atom. The van der Waals surface area contributed by atoms with E-state index >= 15 is 0 Å². The fraction of sp³-hybridized carbons (Fsp3) is 0.778. The largest absolute Gasteiger partial charge is 0.478 e.